The van der Waals surface area contributed by atoms with Crippen LogP contribution in [0.15, 0.2) is 47.4 Å². The monoisotopic (exact) mass is 441 g/mol. The lowest BCUT2D eigenvalue weighted by molar-refractivity contribution is -0.116. The van der Waals surface area contributed by atoms with E-state index in [1.807, 2.05) is 18.2 Å². The highest BCUT2D eigenvalue weighted by atomic mass is 32.2. The first-order valence-corrected chi connectivity index (χ1v) is 12.4. The molecule has 2 aliphatic rings. The molecule has 2 aromatic rings. The van der Waals surface area contributed by atoms with Gasteiger partial charge in [0.25, 0.3) is 0 Å². The minimum absolute atomic E-state index is 0.0158. The molecular weight excluding hydrogens is 414 g/mol. The molecule has 0 aromatic heterocycles. The van der Waals surface area contributed by atoms with E-state index in [-0.39, 0.29) is 28.7 Å². The SMILES string of the molecule is CS(=O)(=O)c1ccc(C(=O)CCN2CCN(c3ccccc3)CC2)c2c1NC(=O)CC2. The lowest BCUT2D eigenvalue weighted by Gasteiger charge is -2.36. The van der Waals surface area contributed by atoms with Crippen molar-refractivity contribution in [3.05, 3.63) is 53.6 Å². The van der Waals surface area contributed by atoms with Crippen LogP contribution in [0, 0.1) is 0 Å². The first-order chi connectivity index (χ1) is 14.8. The summed E-state index contributed by atoms with van der Waals surface area (Å²) in [5, 5.41) is 2.67. The molecule has 0 aliphatic carbocycles. The molecule has 7 nitrogen and oxygen atoms in total. The highest BCUT2D eigenvalue weighted by Gasteiger charge is 2.27. The molecule has 31 heavy (non-hydrogen) atoms. The molecule has 0 radical (unpaired) electrons. The average molecular weight is 442 g/mol. The largest absolute Gasteiger partial charge is 0.369 e. The van der Waals surface area contributed by atoms with E-state index in [4.69, 9.17) is 0 Å². The number of hydrogen-bond donors (Lipinski definition) is 1. The number of nitrogens with one attached hydrogen (secondary N) is 1. The number of Topliss-reactive ketones (excluding diaryl/α,β-unsaturated/α-hetero) is 1. The fourth-order valence-corrected chi connectivity index (χ4v) is 5.16. The number of hydrogen-bond acceptors (Lipinski definition) is 6. The molecule has 0 unspecified atom stereocenters. The summed E-state index contributed by atoms with van der Waals surface area (Å²) in [6.45, 7) is 4.29. The molecule has 0 saturated carbocycles. The molecule has 1 N–H and O–H groups in total. The highest BCUT2D eigenvalue weighted by Crippen LogP contribution is 2.33. The first kappa shape index (κ1) is 21.5. The van der Waals surface area contributed by atoms with Gasteiger partial charge in [0.15, 0.2) is 15.6 Å². The third kappa shape index (κ3) is 4.80. The van der Waals surface area contributed by atoms with E-state index < -0.39 is 9.84 Å². The normalized spacial score (nSPS) is 17.2. The van der Waals surface area contributed by atoms with Gasteiger partial charge in [-0.3, -0.25) is 14.5 Å². The number of para-hydroxylation sites is 1. The highest BCUT2D eigenvalue weighted by molar-refractivity contribution is 7.90. The second-order valence-corrected chi connectivity index (χ2v) is 10.1. The number of nitrogens with zero attached hydrogens (tertiary/aromatic N) is 2. The Kier molecular flexibility index (Phi) is 6.11. The predicted molar refractivity (Wildman–Crippen MR) is 121 cm³/mol. The number of rotatable bonds is 6. The Hall–Kier alpha value is -2.71. The lowest BCUT2D eigenvalue weighted by atomic mass is 9.93. The van der Waals surface area contributed by atoms with Crippen LogP contribution in [0.3, 0.4) is 0 Å². The summed E-state index contributed by atoms with van der Waals surface area (Å²) in [6, 6.07) is 13.4. The van der Waals surface area contributed by atoms with Gasteiger partial charge in [0.1, 0.15) is 0 Å². The third-order valence-corrected chi connectivity index (χ3v) is 7.13. The topological polar surface area (TPSA) is 86.8 Å². The van der Waals surface area contributed by atoms with E-state index in [1.165, 1.54) is 11.8 Å². The number of benzene rings is 2. The van der Waals surface area contributed by atoms with Gasteiger partial charge >= 0.3 is 0 Å². The summed E-state index contributed by atoms with van der Waals surface area (Å²) < 4.78 is 24.2. The van der Waals surface area contributed by atoms with Crippen LogP contribution in [0.25, 0.3) is 0 Å². The van der Waals surface area contributed by atoms with Crippen molar-refractivity contribution in [1.29, 1.82) is 0 Å². The van der Waals surface area contributed by atoms with Gasteiger partial charge in [-0.1, -0.05) is 18.2 Å². The fraction of sp³-hybridized carbons (Fsp3) is 0.391. The lowest BCUT2D eigenvalue weighted by Crippen LogP contribution is -2.46. The number of amides is 1. The summed E-state index contributed by atoms with van der Waals surface area (Å²) >= 11 is 0. The standard InChI is InChI=1S/C23H27N3O4S/c1-31(29,30)21-9-7-18(19-8-10-22(28)24-23(19)21)20(27)11-12-25-13-15-26(16-14-25)17-5-3-2-4-6-17/h2-7,9H,8,10-16H2,1H3,(H,24,28). The van der Waals surface area contributed by atoms with Crippen LogP contribution >= 0.6 is 0 Å². The molecule has 1 fully saturated rings. The summed E-state index contributed by atoms with van der Waals surface area (Å²) in [5.74, 6) is -0.240. The van der Waals surface area contributed by atoms with Crippen molar-refractivity contribution in [1.82, 2.24) is 4.90 Å². The van der Waals surface area contributed by atoms with Crippen molar-refractivity contribution in [3.63, 3.8) is 0 Å². The van der Waals surface area contributed by atoms with E-state index in [2.05, 4.69) is 27.2 Å². The molecule has 2 aromatic carbocycles. The smallest absolute Gasteiger partial charge is 0.224 e. The predicted octanol–water partition coefficient (Wildman–Crippen LogP) is 2.37. The molecule has 0 spiro atoms. The molecule has 4 rings (SSSR count). The second kappa shape index (κ2) is 8.80. The number of carbonyl (C=O) groups excluding carboxylic acids is 2. The number of piperazine rings is 1. The van der Waals surface area contributed by atoms with Crippen molar-refractivity contribution < 1.29 is 18.0 Å². The number of carbonyl (C=O) groups is 2. The van der Waals surface area contributed by atoms with Crippen LogP contribution < -0.4 is 10.2 Å². The van der Waals surface area contributed by atoms with Gasteiger partial charge in [-0.05, 0) is 36.2 Å². The molecule has 2 heterocycles. The number of ketones is 1. The Bertz CT molecular complexity index is 1090. The zero-order valence-corrected chi connectivity index (χ0v) is 18.5. The Morgan fingerprint density at radius 2 is 1.71 bits per heavy atom. The van der Waals surface area contributed by atoms with Gasteiger partial charge in [-0.25, -0.2) is 8.42 Å². The maximum absolute atomic E-state index is 13.0. The van der Waals surface area contributed by atoms with Crippen molar-refractivity contribution in [2.45, 2.75) is 24.2 Å². The van der Waals surface area contributed by atoms with Crippen LogP contribution in [0.4, 0.5) is 11.4 Å². The molecule has 164 valence electrons. The Balaban J connectivity index is 1.42. The zero-order valence-electron chi connectivity index (χ0n) is 17.6. The van der Waals surface area contributed by atoms with Gasteiger partial charge in [0.2, 0.25) is 5.91 Å². The fourth-order valence-electron chi connectivity index (χ4n) is 4.30. The zero-order chi connectivity index (χ0) is 22.0. The Labute approximate surface area is 183 Å². The van der Waals surface area contributed by atoms with Crippen molar-refractivity contribution in [3.8, 4) is 0 Å². The molecule has 1 saturated heterocycles. The van der Waals surface area contributed by atoms with E-state index >= 15 is 0 Å². The van der Waals surface area contributed by atoms with E-state index in [1.54, 1.807) is 6.07 Å². The van der Waals surface area contributed by atoms with Gasteiger partial charge in [-0.15, -0.1) is 0 Å². The molecule has 2 aliphatic heterocycles. The van der Waals surface area contributed by atoms with Crippen LogP contribution in [-0.4, -0.2) is 64.0 Å². The maximum Gasteiger partial charge on any atom is 0.224 e. The summed E-state index contributed by atoms with van der Waals surface area (Å²) in [5.41, 5.74) is 2.66. The molecule has 0 atom stereocenters. The average Bonchev–Trinajstić information content (AvgIpc) is 2.76. The Morgan fingerprint density at radius 3 is 2.39 bits per heavy atom. The summed E-state index contributed by atoms with van der Waals surface area (Å²) in [6.07, 6.45) is 2.10. The van der Waals surface area contributed by atoms with Gasteiger partial charge < -0.3 is 10.2 Å². The van der Waals surface area contributed by atoms with E-state index in [0.717, 1.165) is 32.4 Å². The molecule has 8 heteroatoms. The van der Waals surface area contributed by atoms with Crippen molar-refractivity contribution >= 4 is 32.9 Å². The number of anilines is 2. The van der Waals surface area contributed by atoms with E-state index in [0.29, 0.717) is 30.5 Å². The van der Waals surface area contributed by atoms with Crippen LogP contribution in [0.5, 0.6) is 0 Å². The molecular formula is C23H27N3O4S. The van der Waals surface area contributed by atoms with Crippen molar-refractivity contribution in [2.24, 2.45) is 0 Å². The van der Waals surface area contributed by atoms with Crippen LogP contribution in [0.1, 0.15) is 28.8 Å². The summed E-state index contributed by atoms with van der Waals surface area (Å²) in [4.78, 5) is 29.5. The second-order valence-electron chi connectivity index (χ2n) is 8.12. The molecule has 0 bridgehead atoms. The van der Waals surface area contributed by atoms with Gasteiger partial charge in [0.05, 0.1) is 10.6 Å². The summed E-state index contributed by atoms with van der Waals surface area (Å²) in [7, 11) is -3.51. The Morgan fingerprint density at radius 1 is 1.00 bits per heavy atom. The molecule has 1 amide bonds. The van der Waals surface area contributed by atoms with Crippen LogP contribution in [0.2, 0.25) is 0 Å². The van der Waals surface area contributed by atoms with Crippen LogP contribution in [-0.2, 0) is 21.1 Å². The minimum Gasteiger partial charge on any atom is -0.369 e. The first-order valence-electron chi connectivity index (χ1n) is 10.5. The maximum atomic E-state index is 13.0. The van der Waals surface area contributed by atoms with Gasteiger partial charge in [0, 0.05) is 63.1 Å². The van der Waals surface area contributed by atoms with E-state index in [9.17, 15) is 18.0 Å². The van der Waals surface area contributed by atoms with Crippen molar-refractivity contribution in [2.75, 3.05) is 49.2 Å². The van der Waals surface area contributed by atoms with Gasteiger partial charge in [-0.2, -0.15) is 0 Å². The minimum atomic E-state index is -3.51. The number of fused-ring (bicyclic) bond motifs is 1. The number of sulfone groups is 1. The third-order valence-electron chi connectivity index (χ3n) is 5.99. The quantitative estimate of drug-likeness (QED) is 0.693.